The second-order valence-corrected chi connectivity index (χ2v) is 8.93. The molecule has 36 heavy (non-hydrogen) atoms. The van der Waals surface area contributed by atoms with Gasteiger partial charge in [0.05, 0.1) is 24.5 Å². The van der Waals surface area contributed by atoms with Gasteiger partial charge in [-0.2, -0.15) is 0 Å². The van der Waals surface area contributed by atoms with E-state index in [2.05, 4.69) is 38.1 Å². The number of ether oxygens (including phenoxy) is 1. The largest absolute Gasteiger partial charge is 0.467 e. The molecular formula is C29H24N4O2S. The minimum atomic E-state index is -0.121. The van der Waals surface area contributed by atoms with E-state index >= 15 is 0 Å². The number of aromatic nitrogens is 2. The number of furan rings is 1. The Hall–Kier alpha value is -4.36. The molecule has 0 bridgehead atoms. The summed E-state index contributed by atoms with van der Waals surface area (Å²) in [7, 11) is 0. The van der Waals surface area contributed by atoms with Crippen LogP contribution < -0.4 is 15.0 Å². The maximum atomic E-state index is 6.00. The number of nitrogens with zero attached hydrogens (tertiary/aromatic N) is 3. The number of nitrogens with one attached hydrogen (secondary N) is 1. The molecule has 6 nitrogen and oxygen atoms in total. The molecule has 3 aromatic heterocycles. The molecule has 1 fully saturated rings. The molecule has 0 amide bonds. The lowest BCUT2D eigenvalue weighted by Crippen LogP contribution is -2.30. The molecule has 7 heteroatoms. The fourth-order valence-corrected chi connectivity index (χ4v) is 4.99. The monoisotopic (exact) mass is 492 g/mol. The average Bonchev–Trinajstić information content (AvgIpc) is 3.67. The smallest absolute Gasteiger partial charge is 0.174 e. The Bertz CT molecular complexity index is 1430. The Morgan fingerprint density at radius 3 is 2.42 bits per heavy atom. The van der Waals surface area contributed by atoms with E-state index in [1.54, 1.807) is 6.26 Å². The normalized spacial score (nSPS) is 17.2. The molecule has 1 aliphatic rings. The van der Waals surface area contributed by atoms with Crippen molar-refractivity contribution in [2.45, 2.75) is 18.6 Å². The Balaban J connectivity index is 1.36. The molecule has 1 N–H and O–H groups in total. The number of anilines is 1. The summed E-state index contributed by atoms with van der Waals surface area (Å²) >= 11 is 5.88. The third-order valence-corrected chi connectivity index (χ3v) is 6.58. The summed E-state index contributed by atoms with van der Waals surface area (Å²) in [6.45, 7) is 0.630. The third kappa shape index (κ3) is 4.36. The maximum Gasteiger partial charge on any atom is 0.174 e. The molecule has 178 valence electrons. The van der Waals surface area contributed by atoms with Gasteiger partial charge in [-0.15, -0.1) is 0 Å². The molecule has 4 heterocycles. The zero-order chi connectivity index (χ0) is 24.3. The number of para-hydroxylation sites is 1. The molecule has 1 saturated heterocycles. The Labute approximate surface area is 214 Å². The van der Waals surface area contributed by atoms with Crippen molar-refractivity contribution < 1.29 is 9.15 Å². The van der Waals surface area contributed by atoms with Crippen LogP contribution in [0.5, 0.6) is 11.5 Å². The minimum Gasteiger partial charge on any atom is -0.467 e. The van der Waals surface area contributed by atoms with Crippen LogP contribution >= 0.6 is 12.2 Å². The van der Waals surface area contributed by atoms with E-state index in [-0.39, 0.29) is 12.1 Å². The van der Waals surface area contributed by atoms with Crippen LogP contribution in [0.1, 0.15) is 29.2 Å². The number of hydrogen-bond donors (Lipinski definition) is 1. The topological polar surface area (TPSA) is 55.5 Å². The highest BCUT2D eigenvalue weighted by Crippen LogP contribution is 2.42. The van der Waals surface area contributed by atoms with Crippen LogP contribution in [0.4, 0.5) is 5.69 Å². The molecule has 2 aromatic carbocycles. The second-order valence-electron chi connectivity index (χ2n) is 8.55. The minimum absolute atomic E-state index is 0.113. The van der Waals surface area contributed by atoms with Gasteiger partial charge >= 0.3 is 0 Å². The van der Waals surface area contributed by atoms with Crippen molar-refractivity contribution in [2.75, 3.05) is 4.90 Å². The molecule has 0 radical (unpaired) electrons. The summed E-state index contributed by atoms with van der Waals surface area (Å²) in [6, 6.07) is 31.6. The summed E-state index contributed by atoms with van der Waals surface area (Å²) in [5, 5.41) is 4.18. The molecule has 0 spiro atoms. The van der Waals surface area contributed by atoms with Crippen LogP contribution in [0, 0.1) is 0 Å². The first-order chi connectivity index (χ1) is 17.8. The quantitative estimate of drug-likeness (QED) is 0.262. The molecule has 2 atom stereocenters. The van der Waals surface area contributed by atoms with E-state index in [0.717, 1.165) is 34.3 Å². The fourth-order valence-electron chi connectivity index (χ4n) is 4.64. The number of thiocarbonyl (C=S) groups is 1. The lowest BCUT2D eigenvalue weighted by atomic mass is 10.0. The van der Waals surface area contributed by atoms with Gasteiger partial charge in [-0.25, -0.2) is 0 Å². The van der Waals surface area contributed by atoms with Gasteiger partial charge in [0, 0.05) is 23.8 Å². The van der Waals surface area contributed by atoms with Crippen LogP contribution in [0.15, 0.2) is 120 Å². The highest BCUT2D eigenvalue weighted by Gasteiger charge is 2.42. The predicted octanol–water partition coefficient (Wildman–Crippen LogP) is 6.49. The fraction of sp³-hybridized carbons (Fsp3) is 0.103. The van der Waals surface area contributed by atoms with Crippen molar-refractivity contribution in [3.63, 3.8) is 0 Å². The van der Waals surface area contributed by atoms with E-state index in [0.29, 0.717) is 11.7 Å². The Morgan fingerprint density at radius 2 is 1.67 bits per heavy atom. The second kappa shape index (κ2) is 9.71. The third-order valence-electron chi connectivity index (χ3n) is 6.27. The summed E-state index contributed by atoms with van der Waals surface area (Å²) < 4.78 is 13.8. The van der Waals surface area contributed by atoms with Crippen molar-refractivity contribution in [3.05, 3.63) is 133 Å². The van der Waals surface area contributed by atoms with Gasteiger partial charge in [-0.1, -0.05) is 24.3 Å². The number of benzene rings is 2. The van der Waals surface area contributed by atoms with E-state index in [1.807, 2.05) is 91.1 Å². The van der Waals surface area contributed by atoms with E-state index in [4.69, 9.17) is 21.4 Å². The van der Waals surface area contributed by atoms with Gasteiger partial charge in [-0.05, 0) is 85.0 Å². The highest BCUT2D eigenvalue weighted by atomic mass is 32.1. The number of hydrogen-bond acceptors (Lipinski definition) is 4. The van der Waals surface area contributed by atoms with Gasteiger partial charge in [-0.3, -0.25) is 4.98 Å². The Kier molecular flexibility index (Phi) is 5.97. The molecule has 6 rings (SSSR count). The molecular weight excluding hydrogens is 468 g/mol. The van der Waals surface area contributed by atoms with E-state index in [1.165, 1.54) is 0 Å². The molecule has 0 aliphatic carbocycles. The van der Waals surface area contributed by atoms with Crippen molar-refractivity contribution in [2.24, 2.45) is 0 Å². The lowest BCUT2D eigenvalue weighted by Gasteiger charge is -2.29. The van der Waals surface area contributed by atoms with Crippen molar-refractivity contribution in [1.29, 1.82) is 0 Å². The average molecular weight is 493 g/mol. The first kappa shape index (κ1) is 22.1. The first-order valence-electron chi connectivity index (χ1n) is 11.8. The summed E-state index contributed by atoms with van der Waals surface area (Å²) in [5.41, 5.74) is 3.02. The molecule has 0 unspecified atom stereocenters. The van der Waals surface area contributed by atoms with Gasteiger partial charge < -0.3 is 23.9 Å². The molecule has 1 aliphatic heterocycles. The van der Waals surface area contributed by atoms with Crippen LogP contribution in [0.25, 0.3) is 0 Å². The van der Waals surface area contributed by atoms with Gasteiger partial charge in [0.2, 0.25) is 0 Å². The molecule has 5 aromatic rings. The van der Waals surface area contributed by atoms with Gasteiger partial charge in [0.25, 0.3) is 0 Å². The van der Waals surface area contributed by atoms with Crippen LogP contribution in [-0.4, -0.2) is 14.7 Å². The van der Waals surface area contributed by atoms with Crippen molar-refractivity contribution >= 4 is 23.0 Å². The SMILES string of the molecule is S=C1N[C@@H](c2ccccn2)[C@@H](c2cccn2Cc2ccco2)N1c1ccc(Oc2ccccc2)cc1. The van der Waals surface area contributed by atoms with Crippen molar-refractivity contribution in [1.82, 2.24) is 14.9 Å². The molecule has 0 saturated carbocycles. The lowest BCUT2D eigenvalue weighted by molar-refractivity contribution is 0.475. The Morgan fingerprint density at radius 1 is 0.861 bits per heavy atom. The predicted molar refractivity (Wildman–Crippen MR) is 143 cm³/mol. The summed E-state index contributed by atoms with van der Waals surface area (Å²) in [4.78, 5) is 6.81. The first-order valence-corrected chi connectivity index (χ1v) is 12.2. The summed E-state index contributed by atoms with van der Waals surface area (Å²) in [5.74, 6) is 2.46. The van der Waals surface area contributed by atoms with E-state index in [9.17, 15) is 0 Å². The zero-order valence-electron chi connectivity index (χ0n) is 19.4. The van der Waals surface area contributed by atoms with Crippen LogP contribution in [-0.2, 0) is 6.54 Å². The van der Waals surface area contributed by atoms with Crippen LogP contribution in [0.3, 0.4) is 0 Å². The zero-order valence-corrected chi connectivity index (χ0v) is 20.2. The summed E-state index contributed by atoms with van der Waals surface area (Å²) in [6.07, 6.45) is 5.59. The maximum absolute atomic E-state index is 6.00. The van der Waals surface area contributed by atoms with Gasteiger partial charge in [0.15, 0.2) is 5.11 Å². The highest BCUT2D eigenvalue weighted by molar-refractivity contribution is 7.80. The number of pyridine rings is 1. The van der Waals surface area contributed by atoms with Crippen molar-refractivity contribution in [3.8, 4) is 11.5 Å². The van der Waals surface area contributed by atoms with Gasteiger partial charge in [0.1, 0.15) is 23.3 Å². The van der Waals surface area contributed by atoms with E-state index < -0.39 is 0 Å². The standard InChI is InChI=1S/C29H24N4O2S/c36-29-31-27(25-11-4-5-17-30-25)28(26-12-6-18-32(26)20-24-10-7-19-34-24)33(29)21-13-15-23(16-14-21)35-22-8-2-1-3-9-22/h1-19,27-28H,20H2,(H,31,36)/t27-,28+/m0/s1. The van der Waals surface area contributed by atoms with Crippen LogP contribution in [0.2, 0.25) is 0 Å². The number of rotatable bonds is 7.